The molecular weight excluding hydrogens is 218 g/mol. The molecule has 104 valence electrons. The van der Waals surface area contributed by atoms with E-state index < -0.39 is 0 Å². The van der Waals surface area contributed by atoms with Crippen LogP contribution in [0, 0.1) is 5.92 Å². The lowest BCUT2D eigenvalue weighted by Gasteiger charge is -2.42. The summed E-state index contributed by atoms with van der Waals surface area (Å²) in [6.45, 7) is 5.95. The Hall–Kier alpha value is -0.300. The molecule has 0 aromatic carbocycles. The van der Waals surface area contributed by atoms with E-state index in [1.165, 1.54) is 64.3 Å². The zero-order chi connectivity index (χ0) is 12.8. The minimum Gasteiger partial charge on any atom is -0.294 e. The molecule has 0 radical (unpaired) electrons. The highest BCUT2D eigenvalue weighted by Crippen LogP contribution is 2.38. The lowest BCUT2D eigenvalue weighted by Crippen LogP contribution is -2.46. The molecule has 0 saturated carbocycles. The first-order valence-corrected chi connectivity index (χ1v) is 8.29. The highest BCUT2D eigenvalue weighted by Gasteiger charge is 2.38. The lowest BCUT2D eigenvalue weighted by molar-refractivity contribution is 0.0913. The smallest absolute Gasteiger partial charge is 0.0281 e. The van der Waals surface area contributed by atoms with Gasteiger partial charge in [-0.05, 0) is 51.0 Å². The zero-order valence-corrected chi connectivity index (χ0v) is 12.4. The molecule has 2 fully saturated rings. The fourth-order valence-corrected chi connectivity index (χ4v) is 3.91. The molecule has 0 spiro atoms. The van der Waals surface area contributed by atoms with Gasteiger partial charge in [-0.3, -0.25) is 4.90 Å². The van der Waals surface area contributed by atoms with Crippen LogP contribution in [0.5, 0.6) is 0 Å². The maximum absolute atomic E-state index is 2.83. The second-order valence-electron chi connectivity index (χ2n) is 6.21. The Kier molecular flexibility index (Phi) is 5.75. The van der Waals surface area contributed by atoms with Crippen LogP contribution < -0.4 is 0 Å². The van der Waals surface area contributed by atoms with Gasteiger partial charge in [0.1, 0.15) is 0 Å². The number of nitrogens with zero attached hydrogens (tertiary/aromatic N) is 1. The number of allylic oxidation sites excluding steroid dienone is 1. The first kappa shape index (κ1) is 14.1. The maximum Gasteiger partial charge on any atom is 0.0281 e. The van der Waals surface area contributed by atoms with Gasteiger partial charge < -0.3 is 0 Å². The molecular formula is C17H31N. The lowest BCUT2D eigenvalue weighted by atomic mass is 9.82. The summed E-state index contributed by atoms with van der Waals surface area (Å²) in [6, 6.07) is 1.68. The van der Waals surface area contributed by atoms with Crippen molar-refractivity contribution in [1.29, 1.82) is 0 Å². The highest BCUT2D eigenvalue weighted by atomic mass is 15.2. The van der Waals surface area contributed by atoms with Crippen molar-refractivity contribution in [2.75, 3.05) is 6.54 Å². The standard InChI is InChI=1S/C17H31N/c1-3-5-7-10-16-13-12-15(9-6-4-2)17-11-8-14-18(16)17/h7,10,15-17H,3-6,8-9,11-14H2,1-2H3/b10-7+/t15-,16-,17+/m1/s1. The number of piperidine rings is 1. The molecule has 0 aliphatic carbocycles. The molecule has 0 unspecified atom stereocenters. The molecule has 1 nitrogen and oxygen atoms in total. The van der Waals surface area contributed by atoms with Gasteiger partial charge >= 0.3 is 0 Å². The van der Waals surface area contributed by atoms with E-state index >= 15 is 0 Å². The Labute approximate surface area is 114 Å². The second kappa shape index (κ2) is 7.33. The summed E-state index contributed by atoms with van der Waals surface area (Å²) in [6.07, 6.45) is 17.5. The molecule has 2 aliphatic rings. The summed E-state index contributed by atoms with van der Waals surface area (Å²) < 4.78 is 0. The minimum atomic E-state index is 0.766. The van der Waals surface area contributed by atoms with Gasteiger partial charge in [0.2, 0.25) is 0 Å². The summed E-state index contributed by atoms with van der Waals surface area (Å²) in [4.78, 5) is 2.83. The van der Waals surface area contributed by atoms with Crippen LogP contribution >= 0.6 is 0 Å². The van der Waals surface area contributed by atoms with Crippen molar-refractivity contribution in [3.63, 3.8) is 0 Å². The number of hydrogen-bond donors (Lipinski definition) is 0. The van der Waals surface area contributed by atoms with E-state index in [0.717, 1.165) is 18.0 Å². The van der Waals surface area contributed by atoms with Crippen LogP contribution in [0.4, 0.5) is 0 Å². The van der Waals surface area contributed by atoms with Gasteiger partial charge in [0, 0.05) is 12.1 Å². The molecule has 2 heterocycles. The third kappa shape index (κ3) is 3.38. The normalized spacial score (nSPS) is 33.1. The van der Waals surface area contributed by atoms with E-state index in [4.69, 9.17) is 0 Å². The average molecular weight is 249 g/mol. The van der Waals surface area contributed by atoms with Crippen molar-refractivity contribution in [2.24, 2.45) is 5.92 Å². The number of rotatable bonds is 6. The largest absolute Gasteiger partial charge is 0.294 e. The van der Waals surface area contributed by atoms with Gasteiger partial charge in [0.05, 0.1) is 0 Å². The predicted octanol–water partition coefficient (Wildman–Crippen LogP) is 4.78. The van der Waals surface area contributed by atoms with Crippen molar-refractivity contribution in [3.05, 3.63) is 12.2 Å². The summed E-state index contributed by atoms with van der Waals surface area (Å²) >= 11 is 0. The van der Waals surface area contributed by atoms with Gasteiger partial charge in [0.15, 0.2) is 0 Å². The Bertz CT molecular complexity index is 258. The van der Waals surface area contributed by atoms with Gasteiger partial charge in [-0.2, -0.15) is 0 Å². The maximum atomic E-state index is 2.83. The Morgan fingerprint density at radius 2 is 2.00 bits per heavy atom. The molecule has 0 aromatic rings. The Morgan fingerprint density at radius 1 is 1.11 bits per heavy atom. The monoisotopic (exact) mass is 249 g/mol. The summed E-state index contributed by atoms with van der Waals surface area (Å²) in [5.74, 6) is 1.00. The van der Waals surface area contributed by atoms with Crippen molar-refractivity contribution in [1.82, 2.24) is 4.90 Å². The highest BCUT2D eigenvalue weighted by molar-refractivity contribution is 5.02. The van der Waals surface area contributed by atoms with Gasteiger partial charge in [-0.15, -0.1) is 0 Å². The van der Waals surface area contributed by atoms with Crippen molar-refractivity contribution in [2.45, 2.75) is 83.7 Å². The van der Waals surface area contributed by atoms with Crippen LogP contribution in [0.1, 0.15) is 71.6 Å². The molecule has 1 heteroatoms. The van der Waals surface area contributed by atoms with Crippen molar-refractivity contribution >= 4 is 0 Å². The number of hydrogen-bond acceptors (Lipinski definition) is 1. The van der Waals surface area contributed by atoms with E-state index in [0.29, 0.717) is 0 Å². The molecule has 18 heavy (non-hydrogen) atoms. The van der Waals surface area contributed by atoms with Crippen LogP contribution in [0.3, 0.4) is 0 Å². The van der Waals surface area contributed by atoms with Crippen LogP contribution in [-0.2, 0) is 0 Å². The molecule has 0 amide bonds. The molecule has 2 rings (SSSR count). The first-order valence-electron chi connectivity index (χ1n) is 8.29. The Morgan fingerprint density at radius 3 is 2.78 bits per heavy atom. The van der Waals surface area contributed by atoms with E-state index in [2.05, 4.69) is 30.9 Å². The van der Waals surface area contributed by atoms with Crippen LogP contribution in [0.15, 0.2) is 12.2 Å². The SMILES string of the molecule is CCC/C=C/[C@@H]1CC[C@@H](CCCC)[C@@H]2CCCN12. The fraction of sp³-hybridized carbons (Fsp3) is 0.882. The van der Waals surface area contributed by atoms with Gasteiger partial charge in [-0.25, -0.2) is 0 Å². The fourth-order valence-electron chi connectivity index (χ4n) is 3.91. The third-order valence-electron chi connectivity index (χ3n) is 4.89. The molecule has 0 aromatic heterocycles. The van der Waals surface area contributed by atoms with Crippen LogP contribution in [0.2, 0.25) is 0 Å². The molecule has 0 N–H and O–H groups in total. The molecule has 3 atom stereocenters. The summed E-state index contributed by atoms with van der Waals surface area (Å²) in [5, 5.41) is 0. The first-order chi connectivity index (χ1) is 8.86. The average Bonchev–Trinajstić information content (AvgIpc) is 2.87. The minimum absolute atomic E-state index is 0.766. The topological polar surface area (TPSA) is 3.24 Å². The van der Waals surface area contributed by atoms with Gasteiger partial charge in [-0.1, -0.05) is 45.3 Å². The number of unbranched alkanes of at least 4 members (excludes halogenated alkanes) is 2. The van der Waals surface area contributed by atoms with E-state index in [1.807, 2.05) is 0 Å². The van der Waals surface area contributed by atoms with E-state index in [1.54, 1.807) is 0 Å². The summed E-state index contributed by atoms with van der Waals surface area (Å²) in [7, 11) is 0. The quantitative estimate of drug-likeness (QED) is 0.613. The third-order valence-corrected chi connectivity index (χ3v) is 4.89. The number of fused-ring (bicyclic) bond motifs is 1. The Balaban J connectivity index is 1.90. The predicted molar refractivity (Wildman–Crippen MR) is 79.8 cm³/mol. The molecule has 2 aliphatic heterocycles. The van der Waals surface area contributed by atoms with Crippen molar-refractivity contribution < 1.29 is 0 Å². The van der Waals surface area contributed by atoms with E-state index in [-0.39, 0.29) is 0 Å². The van der Waals surface area contributed by atoms with Gasteiger partial charge in [0.25, 0.3) is 0 Å². The van der Waals surface area contributed by atoms with Crippen LogP contribution in [-0.4, -0.2) is 23.5 Å². The zero-order valence-electron chi connectivity index (χ0n) is 12.4. The summed E-state index contributed by atoms with van der Waals surface area (Å²) in [5.41, 5.74) is 0. The molecule has 0 bridgehead atoms. The molecule has 2 saturated heterocycles. The van der Waals surface area contributed by atoms with Crippen molar-refractivity contribution in [3.8, 4) is 0 Å². The second-order valence-corrected chi connectivity index (χ2v) is 6.21. The van der Waals surface area contributed by atoms with Crippen LogP contribution in [0.25, 0.3) is 0 Å². The van der Waals surface area contributed by atoms with E-state index in [9.17, 15) is 0 Å².